The minimum absolute atomic E-state index is 0.0199. The molecule has 0 spiro atoms. The minimum atomic E-state index is -0.660. The van der Waals surface area contributed by atoms with Crippen molar-refractivity contribution in [3.05, 3.63) is 12.2 Å². The third-order valence-corrected chi connectivity index (χ3v) is 18.3. The third-order valence-electron chi connectivity index (χ3n) is 18.3. The van der Waals surface area contributed by atoms with Gasteiger partial charge in [-0.05, 0) is 51.4 Å². The molecule has 2 atom stereocenters. The molecule has 0 heterocycles. The second-order valence-electron chi connectivity index (χ2n) is 26.7. The lowest BCUT2D eigenvalue weighted by Gasteiger charge is -2.22. The van der Waals surface area contributed by atoms with Gasteiger partial charge in [0.1, 0.15) is 0 Å². The van der Waals surface area contributed by atoms with Crippen LogP contribution in [-0.2, 0) is 14.3 Å². The highest BCUT2D eigenvalue weighted by atomic mass is 16.5. The Morgan fingerprint density at radius 2 is 0.566 bits per heavy atom. The van der Waals surface area contributed by atoms with Gasteiger partial charge < -0.3 is 20.3 Å². The van der Waals surface area contributed by atoms with Crippen LogP contribution in [0.1, 0.15) is 444 Å². The summed E-state index contributed by atoms with van der Waals surface area (Å²) in [6.07, 6.45) is 91.5. The van der Waals surface area contributed by atoms with Gasteiger partial charge in [-0.2, -0.15) is 0 Å². The Labute approximate surface area is 520 Å². The van der Waals surface area contributed by atoms with Crippen LogP contribution in [0.5, 0.6) is 0 Å². The van der Waals surface area contributed by atoms with Crippen LogP contribution in [0, 0.1) is 0 Å². The first kappa shape index (κ1) is 81.6. The van der Waals surface area contributed by atoms with Crippen LogP contribution in [0.3, 0.4) is 0 Å². The summed E-state index contributed by atoms with van der Waals surface area (Å²) in [5.74, 6) is -0.00646. The monoisotopic (exact) mass is 1170 g/mol. The summed E-state index contributed by atoms with van der Waals surface area (Å²) in [5.41, 5.74) is 0. The number of hydrogen-bond acceptors (Lipinski definition) is 5. The predicted molar refractivity (Wildman–Crippen MR) is 366 cm³/mol. The van der Waals surface area contributed by atoms with Gasteiger partial charge in [0.15, 0.2) is 0 Å². The van der Waals surface area contributed by atoms with E-state index in [0.29, 0.717) is 25.9 Å². The van der Waals surface area contributed by atoms with E-state index >= 15 is 0 Å². The fourth-order valence-corrected chi connectivity index (χ4v) is 12.5. The average Bonchev–Trinajstić information content (AvgIpc) is 3.48. The molecule has 0 saturated heterocycles. The summed E-state index contributed by atoms with van der Waals surface area (Å²) in [5, 5.41) is 23.4. The smallest absolute Gasteiger partial charge is 0.305 e. The Hall–Kier alpha value is -1.40. The number of aliphatic hydroxyl groups excluding tert-OH is 2. The number of carbonyl (C=O) groups is 2. The topological polar surface area (TPSA) is 95.9 Å². The van der Waals surface area contributed by atoms with Crippen LogP contribution >= 0.6 is 0 Å². The van der Waals surface area contributed by atoms with Crippen molar-refractivity contribution in [3.63, 3.8) is 0 Å². The first-order valence-corrected chi connectivity index (χ1v) is 38.4. The van der Waals surface area contributed by atoms with Gasteiger partial charge in [0.05, 0.1) is 25.4 Å². The van der Waals surface area contributed by atoms with Crippen molar-refractivity contribution in [3.8, 4) is 0 Å². The fourth-order valence-electron chi connectivity index (χ4n) is 12.5. The van der Waals surface area contributed by atoms with Gasteiger partial charge in [-0.15, -0.1) is 0 Å². The van der Waals surface area contributed by atoms with E-state index in [9.17, 15) is 19.8 Å². The van der Waals surface area contributed by atoms with E-state index in [2.05, 4.69) is 31.3 Å². The zero-order chi connectivity index (χ0) is 59.9. The molecular formula is C77H151NO5. The summed E-state index contributed by atoms with van der Waals surface area (Å²) in [7, 11) is 0. The number of carbonyl (C=O) groups excluding carboxylic acids is 2. The number of nitrogens with one attached hydrogen (secondary N) is 1. The second kappa shape index (κ2) is 73.1. The van der Waals surface area contributed by atoms with Crippen LogP contribution in [-0.4, -0.2) is 47.4 Å². The average molecular weight is 1170 g/mol. The fraction of sp³-hybridized carbons (Fsp3) is 0.948. The van der Waals surface area contributed by atoms with E-state index in [0.717, 1.165) is 38.5 Å². The molecule has 1 amide bonds. The van der Waals surface area contributed by atoms with E-state index in [-0.39, 0.29) is 18.5 Å². The molecule has 3 N–H and O–H groups in total. The standard InChI is InChI=1S/C77H151NO5/c1-3-5-7-9-11-13-15-17-19-20-39-43-47-51-55-59-63-67-71-77(82)83-72-68-64-60-56-52-48-44-40-37-35-33-31-29-27-25-23-21-22-24-26-28-30-32-34-36-38-42-46-50-54-58-62-66-70-76(81)78-74(73-79)75(80)69-65-61-57-53-49-45-41-18-16-14-12-10-8-6-4-2/h19-20,74-75,79-80H,3-18,21-73H2,1-2H3,(H,78,81)/b20-19-. The molecule has 0 saturated carbocycles. The SMILES string of the molecule is CCCCCCCCC/C=C\CCCCCCCCCC(=O)OCCCCCCCCCCCCCCCCCCCCCCCCCCCCCCCCCCCC(=O)NC(CO)C(O)CCCCCCCCCCCCCCCCC. The van der Waals surface area contributed by atoms with E-state index in [1.54, 1.807) is 0 Å². The van der Waals surface area contributed by atoms with Crippen molar-refractivity contribution in [2.24, 2.45) is 0 Å². The van der Waals surface area contributed by atoms with Crippen LogP contribution in [0.2, 0.25) is 0 Å². The molecule has 2 unspecified atom stereocenters. The Morgan fingerprint density at radius 3 is 0.855 bits per heavy atom. The molecule has 0 aliphatic rings. The minimum Gasteiger partial charge on any atom is -0.466 e. The molecule has 0 radical (unpaired) electrons. The molecule has 83 heavy (non-hydrogen) atoms. The Balaban J connectivity index is 3.30. The van der Waals surface area contributed by atoms with Gasteiger partial charge in [0, 0.05) is 12.8 Å². The highest BCUT2D eigenvalue weighted by Gasteiger charge is 2.20. The highest BCUT2D eigenvalue weighted by Crippen LogP contribution is 2.20. The maximum Gasteiger partial charge on any atom is 0.305 e. The number of allylic oxidation sites excluding steroid dienone is 2. The first-order chi connectivity index (χ1) is 41.0. The van der Waals surface area contributed by atoms with E-state index in [1.807, 2.05) is 0 Å². The van der Waals surface area contributed by atoms with Crippen LogP contribution < -0.4 is 5.32 Å². The highest BCUT2D eigenvalue weighted by molar-refractivity contribution is 5.76. The van der Waals surface area contributed by atoms with Gasteiger partial charge in [0.2, 0.25) is 5.91 Å². The summed E-state index contributed by atoms with van der Waals surface area (Å²) in [6.45, 7) is 5.00. The lowest BCUT2D eigenvalue weighted by atomic mass is 10.0. The normalized spacial score (nSPS) is 12.5. The van der Waals surface area contributed by atoms with Gasteiger partial charge in [-0.25, -0.2) is 0 Å². The summed E-state index contributed by atoms with van der Waals surface area (Å²) in [6, 6.07) is -0.537. The number of amides is 1. The molecule has 0 aliphatic heterocycles. The number of hydrogen-bond donors (Lipinski definition) is 3. The Bertz CT molecular complexity index is 1260. The lowest BCUT2D eigenvalue weighted by molar-refractivity contribution is -0.143. The van der Waals surface area contributed by atoms with Crippen molar-refractivity contribution >= 4 is 11.9 Å². The van der Waals surface area contributed by atoms with Crippen molar-refractivity contribution in [1.29, 1.82) is 0 Å². The molecule has 6 nitrogen and oxygen atoms in total. The molecule has 6 heteroatoms. The quantitative estimate of drug-likeness (QED) is 0.0320. The molecule has 0 aromatic heterocycles. The van der Waals surface area contributed by atoms with Crippen molar-refractivity contribution in [2.45, 2.75) is 456 Å². The van der Waals surface area contributed by atoms with Crippen LogP contribution in [0.25, 0.3) is 0 Å². The van der Waals surface area contributed by atoms with E-state index < -0.39 is 12.1 Å². The molecule has 0 bridgehead atoms. The van der Waals surface area contributed by atoms with Gasteiger partial charge in [-0.3, -0.25) is 9.59 Å². The Kier molecular flexibility index (Phi) is 71.8. The van der Waals surface area contributed by atoms with Crippen LogP contribution in [0.4, 0.5) is 0 Å². The maximum absolute atomic E-state index is 12.5. The predicted octanol–water partition coefficient (Wildman–Crippen LogP) is 25.1. The Morgan fingerprint density at radius 1 is 0.325 bits per heavy atom. The zero-order valence-corrected chi connectivity index (χ0v) is 56.7. The van der Waals surface area contributed by atoms with Gasteiger partial charge >= 0.3 is 5.97 Å². The van der Waals surface area contributed by atoms with Crippen LogP contribution in [0.15, 0.2) is 12.2 Å². The molecule has 0 aromatic rings. The summed E-state index contributed by atoms with van der Waals surface area (Å²) >= 11 is 0. The van der Waals surface area contributed by atoms with E-state index in [1.165, 1.54) is 372 Å². The maximum atomic E-state index is 12.5. The van der Waals surface area contributed by atoms with Crippen molar-refractivity contribution in [1.82, 2.24) is 5.32 Å². The van der Waals surface area contributed by atoms with Gasteiger partial charge in [0.25, 0.3) is 0 Å². The zero-order valence-electron chi connectivity index (χ0n) is 56.7. The van der Waals surface area contributed by atoms with Crippen molar-refractivity contribution < 1.29 is 24.5 Å². The third kappa shape index (κ3) is 69.6. The number of esters is 1. The number of ether oxygens (including phenoxy) is 1. The molecule has 494 valence electrons. The summed E-state index contributed by atoms with van der Waals surface area (Å²) in [4.78, 5) is 24.6. The largest absolute Gasteiger partial charge is 0.466 e. The van der Waals surface area contributed by atoms with Crippen molar-refractivity contribution in [2.75, 3.05) is 13.2 Å². The number of unbranched alkanes of at least 4 members (excludes halogenated alkanes) is 60. The number of rotatable bonds is 73. The molecule has 0 fully saturated rings. The molecule has 0 aromatic carbocycles. The first-order valence-electron chi connectivity index (χ1n) is 38.4. The van der Waals surface area contributed by atoms with E-state index in [4.69, 9.17) is 4.74 Å². The molecule has 0 rings (SSSR count). The summed E-state index contributed by atoms with van der Waals surface area (Å²) < 4.78 is 5.51. The van der Waals surface area contributed by atoms with Gasteiger partial charge in [-0.1, -0.05) is 392 Å². The lowest BCUT2D eigenvalue weighted by Crippen LogP contribution is -2.45. The molecular weight excluding hydrogens is 1020 g/mol. The second-order valence-corrected chi connectivity index (χ2v) is 26.7. The number of aliphatic hydroxyl groups is 2. The molecule has 0 aliphatic carbocycles.